The van der Waals surface area contributed by atoms with Crippen LogP contribution in [0.4, 0.5) is 0 Å². The van der Waals surface area contributed by atoms with Crippen LogP contribution in [-0.2, 0) is 6.54 Å². The van der Waals surface area contributed by atoms with Crippen LogP contribution in [0.25, 0.3) is 10.6 Å². The Bertz CT molecular complexity index is 994. The van der Waals surface area contributed by atoms with E-state index in [1.165, 1.54) is 17.5 Å². The first kappa shape index (κ1) is 17.4. The van der Waals surface area contributed by atoms with Gasteiger partial charge in [-0.1, -0.05) is 29.8 Å². The molecule has 3 aromatic rings. The molecule has 0 saturated heterocycles. The molecule has 7 heteroatoms. The number of amides is 1. The number of aryl methyl sites for hydroxylation is 2. The Balaban J connectivity index is 1.75. The average Bonchev–Trinajstić information content (AvgIpc) is 3.04. The maximum Gasteiger partial charge on any atom is 0.263 e. The van der Waals surface area contributed by atoms with Gasteiger partial charge in [-0.25, -0.2) is 4.98 Å². The minimum atomic E-state index is -0.268. The summed E-state index contributed by atoms with van der Waals surface area (Å²) in [7, 11) is 0. The van der Waals surface area contributed by atoms with E-state index in [9.17, 15) is 9.59 Å². The lowest BCUT2D eigenvalue weighted by Gasteiger charge is -2.07. The second-order valence-corrected chi connectivity index (χ2v) is 7.07. The molecule has 2 N–H and O–H groups in total. The van der Waals surface area contributed by atoms with Crippen LogP contribution in [0.1, 0.15) is 26.5 Å². The van der Waals surface area contributed by atoms with E-state index < -0.39 is 0 Å². The van der Waals surface area contributed by atoms with E-state index in [4.69, 9.17) is 11.6 Å². The molecule has 0 radical (unpaired) electrons. The molecular weight excluding hydrogens is 358 g/mol. The number of halogens is 1. The Labute approximate surface area is 153 Å². The van der Waals surface area contributed by atoms with E-state index >= 15 is 0 Å². The number of hydrogen-bond acceptors (Lipinski definition) is 4. The number of hydrogen-bond donors (Lipinski definition) is 2. The number of thiazole rings is 1. The van der Waals surface area contributed by atoms with Gasteiger partial charge in [0.1, 0.15) is 9.88 Å². The first-order valence-corrected chi connectivity index (χ1v) is 8.83. The lowest BCUT2D eigenvalue weighted by Crippen LogP contribution is -2.27. The van der Waals surface area contributed by atoms with Crippen molar-refractivity contribution in [3.05, 3.63) is 73.6 Å². The minimum absolute atomic E-state index is 0.166. The van der Waals surface area contributed by atoms with Crippen LogP contribution < -0.4 is 10.9 Å². The van der Waals surface area contributed by atoms with Crippen LogP contribution in [0.15, 0.2) is 41.3 Å². The van der Waals surface area contributed by atoms with Crippen molar-refractivity contribution < 1.29 is 4.79 Å². The molecule has 0 aliphatic heterocycles. The monoisotopic (exact) mass is 373 g/mol. The van der Waals surface area contributed by atoms with Crippen molar-refractivity contribution in [1.82, 2.24) is 15.3 Å². The number of nitrogens with one attached hydrogen (secondary N) is 2. The topological polar surface area (TPSA) is 74.8 Å². The Morgan fingerprint density at radius 3 is 2.80 bits per heavy atom. The molecule has 3 rings (SSSR count). The summed E-state index contributed by atoms with van der Waals surface area (Å²) in [6, 6.07) is 9.23. The normalized spacial score (nSPS) is 10.7. The molecule has 0 fully saturated rings. The Hall–Kier alpha value is -2.44. The van der Waals surface area contributed by atoms with Gasteiger partial charge < -0.3 is 10.3 Å². The maximum atomic E-state index is 12.4. The molecule has 5 nitrogen and oxygen atoms in total. The largest absolute Gasteiger partial charge is 0.347 e. The Kier molecular flexibility index (Phi) is 5.01. The van der Waals surface area contributed by atoms with Gasteiger partial charge in [-0.2, -0.15) is 0 Å². The zero-order chi connectivity index (χ0) is 18.0. The van der Waals surface area contributed by atoms with E-state index in [1.807, 2.05) is 38.1 Å². The molecule has 1 amide bonds. The number of carbonyl (C=O) groups excluding carboxylic acids is 1. The highest BCUT2D eigenvalue weighted by molar-refractivity contribution is 7.17. The van der Waals surface area contributed by atoms with Crippen LogP contribution >= 0.6 is 22.9 Å². The lowest BCUT2D eigenvalue weighted by atomic mass is 10.1. The summed E-state index contributed by atoms with van der Waals surface area (Å²) in [5, 5.41) is 4.04. The van der Waals surface area contributed by atoms with Gasteiger partial charge in [-0.15, -0.1) is 11.3 Å². The molecule has 0 saturated carbocycles. The summed E-state index contributed by atoms with van der Waals surface area (Å²) in [5.74, 6) is -0.268. The first-order chi connectivity index (χ1) is 12.0. The van der Waals surface area contributed by atoms with Gasteiger partial charge in [0.2, 0.25) is 0 Å². The summed E-state index contributed by atoms with van der Waals surface area (Å²) in [5.41, 5.74) is 2.81. The number of rotatable bonds is 4. The smallest absolute Gasteiger partial charge is 0.263 e. The van der Waals surface area contributed by atoms with Gasteiger partial charge in [0, 0.05) is 23.4 Å². The molecule has 0 aliphatic rings. The number of aromatic nitrogens is 2. The highest BCUT2D eigenvalue weighted by Crippen LogP contribution is 2.30. The zero-order valence-electron chi connectivity index (χ0n) is 13.7. The minimum Gasteiger partial charge on any atom is -0.347 e. The van der Waals surface area contributed by atoms with Gasteiger partial charge in [-0.3, -0.25) is 9.59 Å². The van der Waals surface area contributed by atoms with E-state index in [2.05, 4.69) is 15.3 Å². The number of aromatic amines is 1. The number of H-pyrrole nitrogens is 1. The van der Waals surface area contributed by atoms with Crippen LogP contribution in [0, 0.1) is 13.8 Å². The van der Waals surface area contributed by atoms with E-state index in [-0.39, 0.29) is 18.0 Å². The van der Waals surface area contributed by atoms with Gasteiger partial charge in [0.15, 0.2) is 0 Å². The van der Waals surface area contributed by atoms with Crippen molar-refractivity contribution in [2.45, 2.75) is 20.4 Å². The summed E-state index contributed by atoms with van der Waals surface area (Å²) in [4.78, 5) is 31.8. The van der Waals surface area contributed by atoms with Crippen molar-refractivity contribution in [1.29, 1.82) is 0 Å². The highest BCUT2D eigenvalue weighted by atomic mass is 35.5. The Morgan fingerprint density at radius 2 is 2.08 bits per heavy atom. The van der Waals surface area contributed by atoms with Crippen LogP contribution in [0.2, 0.25) is 5.02 Å². The Morgan fingerprint density at radius 1 is 1.32 bits per heavy atom. The average molecular weight is 374 g/mol. The molecule has 0 spiro atoms. The molecule has 2 aromatic heterocycles. The van der Waals surface area contributed by atoms with Gasteiger partial charge >= 0.3 is 0 Å². The molecule has 0 atom stereocenters. The first-order valence-electron chi connectivity index (χ1n) is 7.64. The van der Waals surface area contributed by atoms with E-state index in [0.29, 0.717) is 20.5 Å². The molecule has 25 heavy (non-hydrogen) atoms. The third-order valence-corrected chi connectivity index (χ3v) is 5.11. The second-order valence-electron chi connectivity index (χ2n) is 5.64. The number of nitrogens with zero attached hydrogens (tertiary/aromatic N) is 1. The lowest BCUT2D eigenvalue weighted by molar-refractivity contribution is 0.0954. The summed E-state index contributed by atoms with van der Waals surface area (Å²) in [6.07, 6.45) is 1.52. The number of benzene rings is 1. The highest BCUT2D eigenvalue weighted by Gasteiger charge is 2.14. The van der Waals surface area contributed by atoms with E-state index in [1.54, 1.807) is 6.07 Å². The second kappa shape index (κ2) is 7.21. The fraction of sp³-hybridized carbons (Fsp3) is 0.167. The molecule has 0 unspecified atom stereocenters. The third-order valence-electron chi connectivity index (χ3n) is 3.75. The van der Waals surface area contributed by atoms with Crippen LogP contribution in [0.3, 0.4) is 0 Å². The molecule has 0 bridgehead atoms. The molecule has 0 aliphatic carbocycles. The predicted octanol–water partition coefficient (Wildman–Crippen LogP) is 3.70. The fourth-order valence-electron chi connectivity index (χ4n) is 2.50. The predicted molar refractivity (Wildman–Crippen MR) is 100 cm³/mol. The SMILES string of the molecule is Cc1cc(C)c(CNC(=O)c2cnc(-c3ccccc3Cl)s2)c(=O)[nH]1. The molecule has 2 heterocycles. The summed E-state index contributed by atoms with van der Waals surface area (Å²) < 4.78 is 0. The number of pyridine rings is 1. The molecule has 128 valence electrons. The van der Waals surface area contributed by atoms with Gasteiger partial charge in [0.05, 0.1) is 11.2 Å². The number of carbonyl (C=O) groups is 1. The van der Waals surface area contributed by atoms with Gasteiger partial charge in [-0.05, 0) is 31.5 Å². The summed E-state index contributed by atoms with van der Waals surface area (Å²) >= 11 is 7.42. The van der Waals surface area contributed by atoms with Crippen molar-refractivity contribution in [2.24, 2.45) is 0 Å². The van der Waals surface area contributed by atoms with Crippen molar-refractivity contribution >= 4 is 28.8 Å². The summed E-state index contributed by atoms with van der Waals surface area (Å²) in [6.45, 7) is 3.84. The fourth-order valence-corrected chi connectivity index (χ4v) is 3.65. The molecular formula is C18H16ClN3O2S. The maximum absolute atomic E-state index is 12.4. The van der Waals surface area contributed by atoms with Crippen LogP contribution in [-0.4, -0.2) is 15.9 Å². The van der Waals surface area contributed by atoms with E-state index in [0.717, 1.165) is 16.8 Å². The van der Waals surface area contributed by atoms with Crippen molar-refractivity contribution in [3.63, 3.8) is 0 Å². The molecule has 1 aromatic carbocycles. The van der Waals surface area contributed by atoms with Crippen molar-refractivity contribution in [3.8, 4) is 10.6 Å². The van der Waals surface area contributed by atoms with Crippen LogP contribution in [0.5, 0.6) is 0 Å². The standard InChI is InChI=1S/C18H16ClN3O2S/c1-10-7-11(2)22-16(23)13(10)8-20-17(24)15-9-21-18(25-15)12-5-3-4-6-14(12)19/h3-7,9H,8H2,1-2H3,(H,20,24)(H,22,23). The quantitative estimate of drug-likeness (QED) is 0.732. The van der Waals surface area contributed by atoms with Gasteiger partial charge in [0.25, 0.3) is 11.5 Å². The third kappa shape index (κ3) is 3.81. The van der Waals surface area contributed by atoms with Crippen molar-refractivity contribution in [2.75, 3.05) is 0 Å². The zero-order valence-corrected chi connectivity index (χ0v) is 15.3.